The fourth-order valence-electron chi connectivity index (χ4n) is 2.55. The predicted molar refractivity (Wildman–Crippen MR) is 87.0 cm³/mol. The second-order valence-electron chi connectivity index (χ2n) is 6.03. The summed E-state index contributed by atoms with van der Waals surface area (Å²) in [7, 11) is -4.49. The van der Waals surface area contributed by atoms with E-state index in [0.717, 1.165) is 10.7 Å². The van der Waals surface area contributed by atoms with Crippen molar-refractivity contribution in [2.45, 2.75) is 50.8 Å². The van der Waals surface area contributed by atoms with Gasteiger partial charge in [0.15, 0.2) is 0 Å². The number of rotatable bonds is 7. The molecule has 23 heavy (non-hydrogen) atoms. The largest absolute Gasteiger partial charge is 0.354 e. The molecule has 6 nitrogen and oxygen atoms in total. The summed E-state index contributed by atoms with van der Waals surface area (Å²) in [6, 6.07) is 0. The van der Waals surface area contributed by atoms with Gasteiger partial charge in [0.25, 0.3) is 10.0 Å². The Bertz CT molecular complexity index is 481. The standard InChI is InChI=1S/C13H25F2N3O3S.ClH/c1-3-6-13(2,16)11(19)17-9-10-4-7-18(8-5-10)22(20,21)12(14)15;/h10,12H,3-9,16H2,1-2H3,(H,17,19);1H. The highest BCUT2D eigenvalue weighted by molar-refractivity contribution is 7.89. The maximum Gasteiger partial charge on any atom is 0.350 e. The van der Waals surface area contributed by atoms with Crippen molar-refractivity contribution in [3.8, 4) is 0 Å². The summed E-state index contributed by atoms with van der Waals surface area (Å²) >= 11 is 0. The van der Waals surface area contributed by atoms with Crippen LogP contribution in [0.1, 0.15) is 39.5 Å². The van der Waals surface area contributed by atoms with Crippen LogP contribution in [-0.2, 0) is 14.8 Å². The molecule has 0 aromatic rings. The monoisotopic (exact) mass is 377 g/mol. The normalized spacial score (nSPS) is 19.9. The number of hydrogen-bond donors (Lipinski definition) is 2. The number of amides is 1. The number of hydrogen-bond acceptors (Lipinski definition) is 4. The molecule has 1 saturated heterocycles. The van der Waals surface area contributed by atoms with Gasteiger partial charge in [-0.05, 0) is 32.1 Å². The van der Waals surface area contributed by atoms with Crippen LogP contribution in [0.25, 0.3) is 0 Å². The quantitative estimate of drug-likeness (QED) is 0.699. The highest BCUT2D eigenvalue weighted by Gasteiger charge is 2.35. The van der Waals surface area contributed by atoms with Gasteiger partial charge in [-0.25, -0.2) is 8.42 Å². The van der Waals surface area contributed by atoms with Gasteiger partial charge in [-0.3, -0.25) is 4.79 Å². The van der Waals surface area contributed by atoms with Crippen LogP contribution in [-0.4, -0.2) is 49.6 Å². The van der Waals surface area contributed by atoms with E-state index >= 15 is 0 Å². The van der Waals surface area contributed by atoms with Gasteiger partial charge in [-0.1, -0.05) is 13.3 Å². The number of nitrogens with zero attached hydrogens (tertiary/aromatic N) is 1. The SMILES string of the molecule is CCCC(C)(N)C(=O)NCC1CCN(S(=O)(=O)C(F)F)CC1.Cl. The van der Waals surface area contributed by atoms with Crippen LogP contribution >= 0.6 is 12.4 Å². The third kappa shape index (κ3) is 6.13. The molecule has 0 radical (unpaired) electrons. The number of sulfonamides is 1. The van der Waals surface area contributed by atoms with Crippen molar-refractivity contribution < 1.29 is 22.0 Å². The van der Waals surface area contributed by atoms with Gasteiger partial charge in [0.05, 0.1) is 5.54 Å². The van der Waals surface area contributed by atoms with Gasteiger partial charge < -0.3 is 11.1 Å². The van der Waals surface area contributed by atoms with E-state index in [1.165, 1.54) is 0 Å². The minimum absolute atomic E-state index is 0. The second-order valence-corrected chi connectivity index (χ2v) is 7.93. The molecule has 1 atom stereocenters. The van der Waals surface area contributed by atoms with Gasteiger partial charge in [-0.15, -0.1) is 12.4 Å². The number of nitrogens with two attached hydrogens (primary N) is 1. The van der Waals surface area contributed by atoms with E-state index in [4.69, 9.17) is 5.73 Å². The van der Waals surface area contributed by atoms with E-state index in [1.807, 2.05) is 6.92 Å². The van der Waals surface area contributed by atoms with Crippen molar-refractivity contribution in [2.75, 3.05) is 19.6 Å². The molecule has 1 heterocycles. The van der Waals surface area contributed by atoms with E-state index in [2.05, 4.69) is 5.32 Å². The van der Waals surface area contributed by atoms with Gasteiger partial charge in [0, 0.05) is 19.6 Å². The molecule has 1 rings (SSSR count). The van der Waals surface area contributed by atoms with E-state index in [9.17, 15) is 22.0 Å². The van der Waals surface area contributed by atoms with Gasteiger partial charge in [0.2, 0.25) is 5.91 Å². The van der Waals surface area contributed by atoms with E-state index in [0.29, 0.717) is 25.8 Å². The summed E-state index contributed by atoms with van der Waals surface area (Å²) < 4.78 is 48.4. The number of carbonyl (C=O) groups is 1. The molecule has 3 N–H and O–H groups in total. The van der Waals surface area contributed by atoms with Crippen molar-refractivity contribution in [1.29, 1.82) is 0 Å². The summed E-state index contributed by atoms with van der Waals surface area (Å²) in [6.07, 6.45) is 2.26. The number of nitrogens with one attached hydrogen (secondary N) is 1. The van der Waals surface area contributed by atoms with E-state index in [1.54, 1.807) is 6.92 Å². The van der Waals surface area contributed by atoms with Gasteiger partial charge >= 0.3 is 5.76 Å². The lowest BCUT2D eigenvalue weighted by atomic mass is 9.94. The molecular formula is C13H26ClF2N3O3S. The Balaban J connectivity index is 0.00000484. The Hall–Kier alpha value is -0.510. The molecule has 0 aliphatic carbocycles. The van der Waals surface area contributed by atoms with Crippen molar-refractivity contribution in [2.24, 2.45) is 11.7 Å². The molecule has 1 unspecified atom stereocenters. The maximum absolute atomic E-state index is 12.5. The number of halogens is 3. The fourth-order valence-corrected chi connectivity index (χ4v) is 3.50. The Morgan fingerprint density at radius 1 is 1.39 bits per heavy atom. The average molecular weight is 378 g/mol. The Labute approximate surface area is 142 Å². The lowest BCUT2D eigenvalue weighted by Gasteiger charge is -2.31. The molecule has 1 fully saturated rings. The predicted octanol–water partition coefficient (Wildman–Crippen LogP) is 1.31. The smallest absolute Gasteiger partial charge is 0.350 e. The summed E-state index contributed by atoms with van der Waals surface area (Å²) in [5, 5.41) is 2.77. The first-order valence-corrected chi connectivity index (χ1v) is 8.96. The van der Waals surface area contributed by atoms with E-state index < -0.39 is 21.3 Å². The lowest BCUT2D eigenvalue weighted by Crippen LogP contribution is -2.53. The first-order valence-electron chi connectivity index (χ1n) is 7.45. The molecule has 0 aromatic heterocycles. The van der Waals surface area contributed by atoms with Crippen LogP contribution < -0.4 is 11.1 Å². The molecule has 0 spiro atoms. The summed E-state index contributed by atoms with van der Waals surface area (Å²) in [4.78, 5) is 12.0. The van der Waals surface area contributed by atoms with Crippen molar-refractivity contribution in [3.05, 3.63) is 0 Å². The Kier molecular flexibility index (Phi) is 8.90. The molecule has 1 aliphatic heterocycles. The van der Waals surface area contributed by atoms with Gasteiger partial charge in [-0.2, -0.15) is 13.1 Å². The van der Waals surface area contributed by atoms with Crippen LogP contribution in [0.5, 0.6) is 0 Å². The molecule has 138 valence electrons. The zero-order chi connectivity index (χ0) is 17.0. The number of alkyl halides is 2. The topological polar surface area (TPSA) is 92.5 Å². The van der Waals surface area contributed by atoms with E-state index in [-0.39, 0.29) is 37.3 Å². The first-order chi connectivity index (χ1) is 10.1. The fraction of sp³-hybridized carbons (Fsp3) is 0.923. The molecule has 0 bridgehead atoms. The van der Waals surface area contributed by atoms with Crippen LogP contribution in [0.4, 0.5) is 8.78 Å². The minimum atomic E-state index is -4.49. The van der Waals surface area contributed by atoms with Crippen LogP contribution in [0.3, 0.4) is 0 Å². The summed E-state index contributed by atoms with van der Waals surface area (Å²) in [5.41, 5.74) is 4.99. The summed E-state index contributed by atoms with van der Waals surface area (Å²) in [5.74, 6) is -3.54. The van der Waals surface area contributed by atoms with Crippen LogP contribution in [0.15, 0.2) is 0 Å². The number of piperidine rings is 1. The maximum atomic E-state index is 12.5. The number of carbonyl (C=O) groups excluding carboxylic acids is 1. The molecule has 1 aliphatic rings. The Morgan fingerprint density at radius 3 is 2.35 bits per heavy atom. The molecule has 1 amide bonds. The van der Waals surface area contributed by atoms with Crippen LogP contribution in [0.2, 0.25) is 0 Å². The van der Waals surface area contributed by atoms with Crippen LogP contribution in [0, 0.1) is 5.92 Å². The third-order valence-corrected chi connectivity index (χ3v) is 5.53. The van der Waals surface area contributed by atoms with Crippen molar-refractivity contribution in [1.82, 2.24) is 9.62 Å². The summed E-state index contributed by atoms with van der Waals surface area (Å²) in [6.45, 7) is 4.11. The molecular weight excluding hydrogens is 352 g/mol. The minimum Gasteiger partial charge on any atom is -0.354 e. The highest BCUT2D eigenvalue weighted by Crippen LogP contribution is 2.22. The average Bonchev–Trinajstić information content (AvgIpc) is 2.44. The lowest BCUT2D eigenvalue weighted by molar-refractivity contribution is -0.126. The Morgan fingerprint density at radius 2 is 1.91 bits per heavy atom. The molecule has 10 heteroatoms. The van der Waals surface area contributed by atoms with Gasteiger partial charge in [0.1, 0.15) is 0 Å². The molecule has 0 saturated carbocycles. The molecule has 0 aromatic carbocycles. The third-order valence-electron chi connectivity index (χ3n) is 4.00. The van der Waals surface area contributed by atoms with Crippen molar-refractivity contribution in [3.63, 3.8) is 0 Å². The zero-order valence-corrected chi connectivity index (χ0v) is 15.1. The van der Waals surface area contributed by atoms with Crippen molar-refractivity contribution >= 4 is 28.3 Å². The second kappa shape index (κ2) is 9.10. The first kappa shape index (κ1) is 22.5. The highest BCUT2D eigenvalue weighted by atomic mass is 35.5. The zero-order valence-electron chi connectivity index (χ0n) is 13.4.